The number of alkyl carbamates (subject to hydrolysis) is 1. The minimum absolute atomic E-state index is 0.388. The minimum Gasteiger partial charge on any atom is -0.449 e. The van der Waals surface area contributed by atoms with Crippen LogP contribution in [0.2, 0.25) is 0 Å². The van der Waals surface area contributed by atoms with Crippen molar-refractivity contribution in [1.29, 1.82) is 0 Å². The summed E-state index contributed by atoms with van der Waals surface area (Å²) in [4.78, 5) is 11.2. The fourth-order valence-corrected chi connectivity index (χ4v) is 1.16. The second kappa shape index (κ2) is 10.6. The second-order valence-corrected chi connectivity index (χ2v) is 4.21. The lowest BCUT2D eigenvalue weighted by Crippen LogP contribution is -2.23. The molecule has 102 valence electrons. The van der Waals surface area contributed by atoms with Crippen molar-refractivity contribution in [1.82, 2.24) is 5.32 Å². The lowest BCUT2D eigenvalue weighted by molar-refractivity contribution is 0.149. The fraction of sp³-hybridized carbons (Fsp3) is 0.533. The van der Waals surface area contributed by atoms with Crippen LogP contribution < -0.4 is 5.32 Å². The molecule has 1 aliphatic rings. The first-order chi connectivity index (χ1) is 8.63. The first-order valence-corrected chi connectivity index (χ1v) is 6.61. The van der Waals surface area contributed by atoms with Crippen LogP contribution in [0.3, 0.4) is 0 Å². The van der Waals surface area contributed by atoms with E-state index in [2.05, 4.69) is 26.1 Å². The highest BCUT2D eigenvalue weighted by Crippen LogP contribution is 2.08. The van der Waals surface area contributed by atoms with Crippen molar-refractivity contribution in [2.24, 2.45) is 0 Å². The molecular weight excluding hydrogens is 226 g/mol. The number of hydrogen-bond acceptors (Lipinski definition) is 2. The molecule has 0 aromatic carbocycles. The van der Waals surface area contributed by atoms with E-state index in [0.717, 1.165) is 18.5 Å². The predicted molar refractivity (Wildman–Crippen MR) is 76.3 cm³/mol. The Morgan fingerprint density at radius 1 is 1.33 bits per heavy atom. The summed E-state index contributed by atoms with van der Waals surface area (Å²) in [5.74, 6) is 0. The molecule has 1 rings (SSSR count). The van der Waals surface area contributed by atoms with Gasteiger partial charge in [-0.2, -0.15) is 0 Å². The van der Waals surface area contributed by atoms with E-state index in [9.17, 15) is 4.79 Å². The third-order valence-electron chi connectivity index (χ3n) is 1.97. The van der Waals surface area contributed by atoms with E-state index < -0.39 is 0 Å². The average molecular weight is 251 g/mol. The highest BCUT2D eigenvalue weighted by Gasteiger charge is 2.03. The molecule has 3 heteroatoms. The van der Waals surface area contributed by atoms with Crippen LogP contribution in [0.1, 0.15) is 47.0 Å². The summed E-state index contributed by atoms with van der Waals surface area (Å²) in [6, 6.07) is 0. The van der Waals surface area contributed by atoms with Gasteiger partial charge < -0.3 is 4.74 Å². The predicted octanol–water partition coefficient (Wildman–Crippen LogP) is 4.33. The molecule has 1 amide bonds. The molecule has 1 N–H and O–H groups in total. The molecule has 0 aromatic heterocycles. The summed E-state index contributed by atoms with van der Waals surface area (Å²) in [7, 11) is 0. The Labute approximate surface area is 111 Å². The molecule has 3 nitrogen and oxygen atoms in total. The number of amides is 1. The molecule has 0 bridgehead atoms. The number of allylic oxidation sites excluding steroid dienone is 5. The van der Waals surface area contributed by atoms with E-state index in [-0.39, 0.29) is 6.09 Å². The minimum atomic E-state index is -0.388. The van der Waals surface area contributed by atoms with Gasteiger partial charge in [0.2, 0.25) is 0 Å². The Hall–Kier alpha value is -1.51. The highest BCUT2D eigenvalue weighted by atomic mass is 16.5. The number of carbonyl (C=O) groups is 1. The van der Waals surface area contributed by atoms with Gasteiger partial charge in [-0.15, -0.1) is 0 Å². The van der Waals surface area contributed by atoms with Crippen molar-refractivity contribution in [2.45, 2.75) is 47.0 Å². The molecule has 0 aromatic rings. The lowest BCUT2D eigenvalue weighted by atomic mass is 10.2. The van der Waals surface area contributed by atoms with Crippen molar-refractivity contribution in [3.63, 3.8) is 0 Å². The SMILES string of the molecule is CCC.CCCOC(=O)NC1=CC=C(C)CC=C1. The average Bonchev–Trinajstić information content (AvgIpc) is 2.53. The maximum Gasteiger partial charge on any atom is 0.411 e. The Balaban J connectivity index is 0.000000873. The van der Waals surface area contributed by atoms with Gasteiger partial charge in [0.1, 0.15) is 0 Å². The zero-order valence-electron chi connectivity index (χ0n) is 12.0. The van der Waals surface area contributed by atoms with Crippen LogP contribution in [0, 0.1) is 0 Å². The summed E-state index contributed by atoms with van der Waals surface area (Å²) >= 11 is 0. The number of hydrogen-bond donors (Lipinski definition) is 1. The van der Waals surface area contributed by atoms with Crippen molar-refractivity contribution >= 4 is 6.09 Å². The zero-order chi connectivity index (χ0) is 13.8. The summed E-state index contributed by atoms with van der Waals surface area (Å²) in [5.41, 5.74) is 2.04. The maximum absolute atomic E-state index is 11.2. The standard InChI is InChI=1S/C12H17NO2.C3H8/c1-3-9-15-12(14)13-11-6-4-5-10(2)7-8-11;1-3-2/h4,6-8H,3,5,9H2,1-2H3,(H,13,14);3H2,1-2H3. The van der Waals surface area contributed by atoms with Gasteiger partial charge in [-0.1, -0.05) is 44.9 Å². The molecule has 0 heterocycles. The van der Waals surface area contributed by atoms with Crippen molar-refractivity contribution < 1.29 is 9.53 Å². The van der Waals surface area contributed by atoms with Gasteiger partial charge in [-0.25, -0.2) is 4.79 Å². The number of carbonyl (C=O) groups excluding carboxylic acids is 1. The largest absolute Gasteiger partial charge is 0.449 e. The van der Waals surface area contributed by atoms with Crippen LogP contribution in [0.25, 0.3) is 0 Å². The Kier molecular flexibility index (Phi) is 9.74. The van der Waals surface area contributed by atoms with Crippen molar-refractivity contribution in [3.05, 3.63) is 35.6 Å². The molecule has 0 saturated carbocycles. The number of nitrogens with one attached hydrogen (secondary N) is 1. The van der Waals surface area contributed by atoms with Gasteiger partial charge in [0.25, 0.3) is 0 Å². The third kappa shape index (κ3) is 8.62. The molecule has 0 aliphatic heterocycles. The molecule has 0 spiro atoms. The highest BCUT2D eigenvalue weighted by molar-refractivity contribution is 5.70. The summed E-state index contributed by atoms with van der Waals surface area (Å²) in [5, 5.41) is 2.68. The van der Waals surface area contributed by atoms with Gasteiger partial charge in [0.15, 0.2) is 0 Å². The van der Waals surface area contributed by atoms with Gasteiger partial charge in [0.05, 0.1) is 6.61 Å². The topological polar surface area (TPSA) is 38.3 Å². The number of ether oxygens (including phenoxy) is 1. The molecule has 0 radical (unpaired) electrons. The summed E-state index contributed by atoms with van der Waals surface area (Å²) in [6.45, 7) is 8.72. The van der Waals surface area contributed by atoms with Crippen LogP contribution in [-0.4, -0.2) is 12.7 Å². The maximum atomic E-state index is 11.2. The van der Waals surface area contributed by atoms with Crippen molar-refractivity contribution in [2.75, 3.05) is 6.61 Å². The number of rotatable bonds is 3. The van der Waals surface area contributed by atoms with E-state index >= 15 is 0 Å². The monoisotopic (exact) mass is 251 g/mol. The van der Waals surface area contributed by atoms with Gasteiger partial charge in [0, 0.05) is 5.70 Å². The Bertz CT molecular complexity index is 327. The molecule has 18 heavy (non-hydrogen) atoms. The van der Waals surface area contributed by atoms with Gasteiger partial charge in [-0.3, -0.25) is 5.32 Å². The molecule has 0 atom stereocenters. The smallest absolute Gasteiger partial charge is 0.411 e. The lowest BCUT2D eigenvalue weighted by Gasteiger charge is -2.05. The molecule has 1 aliphatic carbocycles. The Morgan fingerprint density at radius 3 is 2.61 bits per heavy atom. The van der Waals surface area contributed by atoms with E-state index in [1.807, 2.05) is 31.2 Å². The van der Waals surface area contributed by atoms with Gasteiger partial charge >= 0.3 is 6.09 Å². The molecular formula is C15H25NO2. The third-order valence-corrected chi connectivity index (χ3v) is 1.97. The molecule has 0 saturated heterocycles. The quantitative estimate of drug-likeness (QED) is 0.810. The first kappa shape index (κ1) is 16.5. The summed E-state index contributed by atoms with van der Waals surface area (Å²) in [6.07, 6.45) is 10.4. The zero-order valence-corrected chi connectivity index (χ0v) is 12.0. The van der Waals surface area contributed by atoms with Crippen molar-refractivity contribution in [3.8, 4) is 0 Å². The fourth-order valence-electron chi connectivity index (χ4n) is 1.16. The second-order valence-electron chi connectivity index (χ2n) is 4.21. The molecule has 0 unspecified atom stereocenters. The van der Waals surface area contributed by atoms with E-state index in [1.54, 1.807) is 0 Å². The van der Waals surface area contributed by atoms with E-state index in [0.29, 0.717) is 6.61 Å². The molecule has 0 fully saturated rings. The van der Waals surface area contributed by atoms with Crippen LogP contribution in [0.4, 0.5) is 4.79 Å². The van der Waals surface area contributed by atoms with E-state index in [4.69, 9.17) is 4.74 Å². The van der Waals surface area contributed by atoms with Gasteiger partial charge in [-0.05, 0) is 31.9 Å². The Morgan fingerprint density at radius 2 is 2.00 bits per heavy atom. The van der Waals surface area contributed by atoms with Crippen LogP contribution in [0.5, 0.6) is 0 Å². The van der Waals surface area contributed by atoms with Crippen LogP contribution >= 0.6 is 0 Å². The summed E-state index contributed by atoms with van der Waals surface area (Å²) < 4.78 is 4.92. The van der Waals surface area contributed by atoms with Crippen LogP contribution in [0.15, 0.2) is 35.6 Å². The van der Waals surface area contributed by atoms with Crippen LogP contribution in [-0.2, 0) is 4.74 Å². The first-order valence-electron chi connectivity index (χ1n) is 6.61. The van der Waals surface area contributed by atoms with E-state index in [1.165, 1.54) is 12.0 Å². The normalized spacial score (nSPS) is 13.6.